The van der Waals surface area contributed by atoms with Gasteiger partial charge in [0, 0.05) is 37.0 Å². The molecular weight excluding hydrogens is 316 g/mol. The predicted octanol–water partition coefficient (Wildman–Crippen LogP) is 3.07. The second-order valence-corrected chi connectivity index (χ2v) is 7.50. The van der Waals surface area contributed by atoms with Gasteiger partial charge in [-0.1, -0.05) is 32.9 Å². The monoisotopic (exact) mass is 338 g/mol. The van der Waals surface area contributed by atoms with Gasteiger partial charge in [-0.3, -0.25) is 4.79 Å². The summed E-state index contributed by atoms with van der Waals surface area (Å²) in [5, 5.41) is 1.00. The predicted molar refractivity (Wildman–Crippen MR) is 97.6 cm³/mol. The van der Waals surface area contributed by atoms with Crippen LogP contribution in [-0.2, 0) is 4.79 Å². The minimum Gasteiger partial charge on any atom is -0.450 e. The molecule has 0 unspecified atom stereocenters. The van der Waals surface area contributed by atoms with Crippen LogP contribution >= 0.6 is 0 Å². The SMILES string of the molecule is CC(C)(C)C(=O)N1CCN(c2ncnc3c2oc2ccccc23)CC1. The molecule has 1 aromatic carbocycles. The van der Waals surface area contributed by atoms with Gasteiger partial charge in [0.2, 0.25) is 5.91 Å². The molecule has 6 nitrogen and oxygen atoms in total. The van der Waals surface area contributed by atoms with Crippen LogP contribution in [0.25, 0.3) is 22.1 Å². The maximum absolute atomic E-state index is 12.5. The Labute approximate surface area is 146 Å². The largest absolute Gasteiger partial charge is 0.450 e. The molecule has 1 amide bonds. The van der Waals surface area contributed by atoms with Crippen molar-refractivity contribution in [3.63, 3.8) is 0 Å². The van der Waals surface area contributed by atoms with Gasteiger partial charge in [-0.2, -0.15) is 0 Å². The Balaban J connectivity index is 1.62. The smallest absolute Gasteiger partial charge is 0.228 e. The molecule has 25 heavy (non-hydrogen) atoms. The van der Waals surface area contributed by atoms with Gasteiger partial charge < -0.3 is 14.2 Å². The van der Waals surface area contributed by atoms with Crippen LogP contribution in [0.1, 0.15) is 20.8 Å². The molecule has 0 saturated carbocycles. The van der Waals surface area contributed by atoms with Gasteiger partial charge in [0.1, 0.15) is 17.4 Å². The Hall–Kier alpha value is -2.63. The van der Waals surface area contributed by atoms with Gasteiger partial charge in [-0.25, -0.2) is 9.97 Å². The Kier molecular flexibility index (Phi) is 3.63. The number of para-hydroxylation sites is 1. The number of rotatable bonds is 1. The summed E-state index contributed by atoms with van der Waals surface area (Å²) in [6.07, 6.45) is 1.59. The summed E-state index contributed by atoms with van der Waals surface area (Å²) in [6, 6.07) is 7.89. The summed E-state index contributed by atoms with van der Waals surface area (Å²) in [5.41, 5.74) is 2.04. The number of aromatic nitrogens is 2. The summed E-state index contributed by atoms with van der Waals surface area (Å²) >= 11 is 0. The molecule has 2 aromatic heterocycles. The van der Waals surface area contributed by atoms with Crippen molar-refractivity contribution >= 4 is 33.8 Å². The van der Waals surface area contributed by atoms with Gasteiger partial charge in [-0.15, -0.1) is 0 Å². The average molecular weight is 338 g/mol. The molecule has 0 N–H and O–H groups in total. The minimum absolute atomic E-state index is 0.198. The Bertz CT molecular complexity index is 933. The Morgan fingerprint density at radius 2 is 1.80 bits per heavy atom. The lowest BCUT2D eigenvalue weighted by Gasteiger charge is -2.38. The molecule has 1 fully saturated rings. The summed E-state index contributed by atoms with van der Waals surface area (Å²) < 4.78 is 6.02. The van der Waals surface area contributed by atoms with E-state index in [0.717, 1.165) is 41.0 Å². The normalized spacial score (nSPS) is 16.0. The molecule has 4 rings (SSSR count). The minimum atomic E-state index is -0.344. The highest BCUT2D eigenvalue weighted by atomic mass is 16.3. The fraction of sp³-hybridized carbons (Fsp3) is 0.421. The molecule has 1 aliphatic heterocycles. The Morgan fingerprint density at radius 3 is 2.52 bits per heavy atom. The first-order valence-corrected chi connectivity index (χ1v) is 8.62. The zero-order valence-electron chi connectivity index (χ0n) is 14.8. The highest BCUT2D eigenvalue weighted by Crippen LogP contribution is 2.32. The maximum atomic E-state index is 12.5. The van der Waals surface area contributed by atoms with Crippen LogP contribution in [0.4, 0.5) is 5.82 Å². The number of carbonyl (C=O) groups is 1. The fourth-order valence-electron chi connectivity index (χ4n) is 3.33. The number of furan rings is 1. The quantitative estimate of drug-likeness (QED) is 0.682. The van der Waals surface area contributed by atoms with E-state index < -0.39 is 0 Å². The first kappa shape index (κ1) is 15.9. The van der Waals surface area contributed by atoms with Crippen LogP contribution in [0.15, 0.2) is 35.0 Å². The van der Waals surface area contributed by atoms with Gasteiger partial charge in [0.05, 0.1) is 0 Å². The van der Waals surface area contributed by atoms with Crippen LogP contribution < -0.4 is 4.90 Å². The van der Waals surface area contributed by atoms with Crippen molar-refractivity contribution in [3.8, 4) is 0 Å². The first-order chi connectivity index (χ1) is 11.9. The summed E-state index contributed by atoms with van der Waals surface area (Å²) in [5.74, 6) is 1.01. The molecule has 0 atom stereocenters. The van der Waals surface area contributed by atoms with Gasteiger partial charge in [0.15, 0.2) is 11.4 Å². The number of hydrogen-bond donors (Lipinski definition) is 0. The van der Waals surface area contributed by atoms with Crippen molar-refractivity contribution in [2.45, 2.75) is 20.8 Å². The summed E-state index contributed by atoms with van der Waals surface area (Å²) in [4.78, 5) is 25.4. The van der Waals surface area contributed by atoms with E-state index in [4.69, 9.17) is 4.42 Å². The van der Waals surface area contributed by atoms with Crippen molar-refractivity contribution in [2.24, 2.45) is 5.41 Å². The maximum Gasteiger partial charge on any atom is 0.228 e. The van der Waals surface area contributed by atoms with E-state index in [1.165, 1.54) is 0 Å². The third-order valence-electron chi connectivity index (χ3n) is 4.65. The van der Waals surface area contributed by atoms with E-state index >= 15 is 0 Å². The number of nitrogens with zero attached hydrogens (tertiary/aromatic N) is 4. The van der Waals surface area contributed by atoms with Gasteiger partial charge in [-0.05, 0) is 12.1 Å². The molecule has 0 bridgehead atoms. The van der Waals surface area contributed by atoms with Crippen LogP contribution in [0.3, 0.4) is 0 Å². The molecule has 130 valence electrons. The third kappa shape index (κ3) is 2.71. The number of anilines is 1. The average Bonchev–Trinajstić information content (AvgIpc) is 2.99. The molecule has 0 aliphatic carbocycles. The van der Waals surface area contributed by atoms with Crippen LogP contribution in [0.5, 0.6) is 0 Å². The molecule has 3 aromatic rings. The number of hydrogen-bond acceptors (Lipinski definition) is 5. The van der Waals surface area contributed by atoms with Crippen molar-refractivity contribution in [3.05, 3.63) is 30.6 Å². The standard InChI is InChI=1S/C19H22N4O2/c1-19(2,3)18(24)23-10-8-22(9-11-23)17-16-15(20-12-21-17)13-6-4-5-7-14(13)25-16/h4-7,12H,8-11H2,1-3H3. The number of benzene rings is 1. The van der Waals surface area contributed by atoms with E-state index in [-0.39, 0.29) is 11.3 Å². The van der Waals surface area contributed by atoms with Crippen molar-refractivity contribution in [1.29, 1.82) is 0 Å². The Morgan fingerprint density at radius 1 is 1.08 bits per heavy atom. The molecular formula is C19H22N4O2. The van der Waals surface area contributed by atoms with Crippen molar-refractivity contribution in [2.75, 3.05) is 31.1 Å². The van der Waals surface area contributed by atoms with Crippen molar-refractivity contribution in [1.82, 2.24) is 14.9 Å². The summed E-state index contributed by atoms with van der Waals surface area (Å²) in [6.45, 7) is 8.76. The molecule has 6 heteroatoms. The van der Waals surface area contributed by atoms with Crippen LogP contribution in [-0.4, -0.2) is 47.0 Å². The topological polar surface area (TPSA) is 62.5 Å². The zero-order chi connectivity index (χ0) is 17.6. The van der Waals surface area contributed by atoms with Gasteiger partial charge in [0.25, 0.3) is 0 Å². The van der Waals surface area contributed by atoms with Gasteiger partial charge >= 0.3 is 0 Å². The highest BCUT2D eigenvalue weighted by Gasteiger charge is 2.30. The van der Waals surface area contributed by atoms with E-state index in [1.54, 1.807) is 6.33 Å². The lowest BCUT2D eigenvalue weighted by Crippen LogP contribution is -2.51. The third-order valence-corrected chi connectivity index (χ3v) is 4.65. The fourth-order valence-corrected chi connectivity index (χ4v) is 3.33. The second kappa shape index (κ2) is 5.72. The molecule has 0 radical (unpaired) electrons. The van der Waals surface area contributed by atoms with E-state index in [2.05, 4.69) is 14.9 Å². The number of amides is 1. The number of fused-ring (bicyclic) bond motifs is 3. The second-order valence-electron chi connectivity index (χ2n) is 7.50. The van der Waals surface area contributed by atoms with Crippen LogP contribution in [0, 0.1) is 5.41 Å². The van der Waals surface area contributed by atoms with E-state index in [0.29, 0.717) is 13.1 Å². The van der Waals surface area contributed by atoms with Crippen molar-refractivity contribution < 1.29 is 9.21 Å². The highest BCUT2D eigenvalue weighted by molar-refractivity contribution is 6.05. The van der Waals surface area contributed by atoms with E-state index in [1.807, 2.05) is 49.9 Å². The van der Waals surface area contributed by atoms with Crippen LogP contribution in [0.2, 0.25) is 0 Å². The lowest BCUT2D eigenvalue weighted by molar-refractivity contribution is -0.139. The lowest BCUT2D eigenvalue weighted by atomic mass is 9.94. The molecule has 1 saturated heterocycles. The zero-order valence-corrected chi connectivity index (χ0v) is 14.8. The first-order valence-electron chi connectivity index (χ1n) is 8.62. The molecule has 3 heterocycles. The molecule has 0 spiro atoms. The van der Waals surface area contributed by atoms with E-state index in [9.17, 15) is 4.79 Å². The summed E-state index contributed by atoms with van der Waals surface area (Å²) in [7, 11) is 0. The number of carbonyl (C=O) groups excluding carboxylic acids is 1. The molecule has 1 aliphatic rings. The number of piperazine rings is 1.